The van der Waals surface area contributed by atoms with Crippen LogP contribution in [0.15, 0.2) is 94.6 Å². The van der Waals surface area contributed by atoms with E-state index in [1.54, 1.807) is 10.9 Å². The lowest BCUT2D eigenvalue weighted by molar-refractivity contribution is -0.136. The second-order valence-electron chi connectivity index (χ2n) is 6.88. The van der Waals surface area contributed by atoms with Crippen LogP contribution in [-0.2, 0) is 9.59 Å². The molecule has 0 aliphatic heterocycles. The van der Waals surface area contributed by atoms with Crippen molar-refractivity contribution in [2.75, 3.05) is 5.32 Å². The topological polar surface area (TPSA) is 88.4 Å². The van der Waals surface area contributed by atoms with Gasteiger partial charge in [0.15, 0.2) is 0 Å². The third kappa shape index (κ3) is 5.58. The number of hydrogen-bond acceptors (Lipinski definition) is 4. The molecule has 9 heteroatoms. The number of carbonyl (C=O) groups is 2. The second kappa shape index (κ2) is 10.0. The highest BCUT2D eigenvalue weighted by Crippen LogP contribution is 2.24. The van der Waals surface area contributed by atoms with Crippen LogP contribution in [0.2, 0.25) is 0 Å². The number of carbonyl (C=O) groups excluding carboxylic acids is 2. The minimum absolute atomic E-state index is 0.294. The fourth-order valence-electron chi connectivity index (χ4n) is 2.96. The number of amides is 2. The molecule has 0 saturated heterocycles. The first-order valence-electron chi connectivity index (χ1n) is 9.80. The largest absolute Gasteiger partial charge is 0.329 e. The van der Waals surface area contributed by atoms with Gasteiger partial charge in [-0.05, 0) is 48.5 Å². The Kier molecular flexibility index (Phi) is 6.70. The average Bonchev–Trinajstić information content (AvgIpc) is 3.25. The monoisotopic (exact) mass is 505 g/mol. The van der Waals surface area contributed by atoms with Crippen LogP contribution in [-0.4, -0.2) is 27.8 Å². The quantitative estimate of drug-likeness (QED) is 0.237. The SMILES string of the molecule is O=C(N/N=C/c1cn(-c2ccccc2)nc1-c1ccc(Br)cc1)C(=O)Nc1ccc(F)cc1. The van der Waals surface area contributed by atoms with Crippen LogP contribution in [0, 0.1) is 5.82 Å². The predicted octanol–water partition coefficient (Wildman–Crippen LogP) is 4.53. The number of benzene rings is 3. The number of para-hydroxylation sites is 1. The van der Waals surface area contributed by atoms with Gasteiger partial charge in [0, 0.05) is 27.5 Å². The van der Waals surface area contributed by atoms with Gasteiger partial charge in [-0.1, -0.05) is 46.3 Å². The summed E-state index contributed by atoms with van der Waals surface area (Å²) in [6.45, 7) is 0. The minimum atomic E-state index is -0.962. The summed E-state index contributed by atoms with van der Waals surface area (Å²) in [4.78, 5) is 24.1. The third-order valence-electron chi connectivity index (χ3n) is 4.56. The molecule has 2 amide bonds. The highest BCUT2D eigenvalue weighted by Gasteiger charge is 2.14. The minimum Gasteiger partial charge on any atom is -0.318 e. The van der Waals surface area contributed by atoms with Gasteiger partial charge in [0.25, 0.3) is 0 Å². The van der Waals surface area contributed by atoms with Crippen LogP contribution in [0.25, 0.3) is 16.9 Å². The molecule has 4 rings (SSSR count). The van der Waals surface area contributed by atoms with E-state index in [0.29, 0.717) is 16.9 Å². The Morgan fingerprint density at radius 3 is 2.33 bits per heavy atom. The Morgan fingerprint density at radius 1 is 0.939 bits per heavy atom. The Bertz CT molecular complexity index is 1300. The molecule has 164 valence electrons. The maximum Gasteiger partial charge on any atom is 0.329 e. The summed E-state index contributed by atoms with van der Waals surface area (Å²) in [5.41, 5.74) is 5.50. The van der Waals surface area contributed by atoms with Gasteiger partial charge >= 0.3 is 11.8 Å². The van der Waals surface area contributed by atoms with Crippen molar-refractivity contribution in [2.45, 2.75) is 0 Å². The summed E-state index contributed by atoms with van der Waals surface area (Å²) in [7, 11) is 0. The first kappa shape index (κ1) is 22.1. The van der Waals surface area contributed by atoms with Crippen molar-refractivity contribution in [3.63, 3.8) is 0 Å². The van der Waals surface area contributed by atoms with Crippen LogP contribution in [0.1, 0.15) is 5.56 Å². The summed E-state index contributed by atoms with van der Waals surface area (Å²) in [5, 5.41) is 11.0. The van der Waals surface area contributed by atoms with E-state index in [4.69, 9.17) is 0 Å². The molecule has 0 atom stereocenters. The molecule has 2 N–H and O–H groups in total. The fraction of sp³-hybridized carbons (Fsp3) is 0. The molecule has 33 heavy (non-hydrogen) atoms. The van der Waals surface area contributed by atoms with E-state index in [1.165, 1.54) is 30.5 Å². The number of rotatable bonds is 5. The number of nitrogens with one attached hydrogen (secondary N) is 2. The maximum atomic E-state index is 13.0. The number of halogens is 2. The summed E-state index contributed by atoms with van der Waals surface area (Å²) >= 11 is 3.42. The number of anilines is 1. The molecule has 0 unspecified atom stereocenters. The average molecular weight is 506 g/mol. The molecule has 0 radical (unpaired) electrons. The van der Waals surface area contributed by atoms with Crippen molar-refractivity contribution >= 4 is 39.6 Å². The molecule has 0 aliphatic rings. The molecule has 1 aromatic heterocycles. The molecular weight excluding hydrogens is 489 g/mol. The Morgan fingerprint density at radius 2 is 1.64 bits per heavy atom. The van der Waals surface area contributed by atoms with Gasteiger partial charge in [-0.2, -0.15) is 10.2 Å². The zero-order chi connectivity index (χ0) is 23.2. The van der Waals surface area contributed by atoms with Crippen LogP contribution in [0.4, 0.5) is 10.1 Å². The summed E-state index contributed by atoms with van der Waals surface area (Å²) in [6.07, 6.45) is 3.20. The molecule has 7 nitrogen and oxygen atoms in total. The van der Waals surface area contributed by atoms with Gasteiger partial charge in [0.2, 0.25) is 0 Å². The molecule has 0 bridgehead atoms. The van der Waals surface area contributed by atoms with Gasteiger partial charge in [0.1, 0.15) is 11.5 Å². The van der Waals surface area contributed by atoms with Crippen LogP contribution in [0.5, 0.6) is 0 Å². The molecular formula is C24H17BrFN5O2. The second-order valence-corrected chi connectivity index (χ2v) is 7.80. The van der Waals surface area contributed by atoms with Gasteiger partial charge < -0.3 is 5.32 Å². The smallest absolute Gasteiger partial charge is 0.318 e. The lowest BCUT2D eigenvalue weighted by Crippen LogP contribution is -2.32. The van der Waals surface area contributed by atoms with E-state index in [2.05, 4.69) is 36.9 Å². The molecule has 0 spiro atoms. The number of hydrogen-bond donors (Lipinski definition) is 2. The molecule has 1 heterocycles. The van der Waals surface area contributed by atoms with Gasteiger partial charge in [0.05, 0.1) is 11.9 Å². The standard InChI is InChI=1S/C24H17BrFN5O2/c25-18-8-6-16(7-9-18)22-17(15-31(30-22)21-4-2-1-3-5-21)14-27-29-24(33)23(32)28-20-12-10-19(26)11-13-20/h1-15H,(H,28,32)(H,29,33)/b27-14+. The van der Waals surface area contributed by atoms with Gasteiger partial charge in [-0.3, -0.25) is 9.59 Å². The van der Waals surface area contributed by atoms with Crippen molar-refractivity contribution in [1.29, 1.82) is 0 Å². The summed E-state index contributed by atoms with van der Waals surface area (Å²) in [6, 6.07) is 22.3. The van der Waals surface area contributed by atoms with Crippen molar-refractivity contribution in [3.05, 3.63) is 101 Å². The van der Waals surface area contributed by atoms with E-state index in [0.717, 1.165) is 15.7 Å². The number of hydrazone groups is 1. The Balaban J connectivity index is 1.52. The first-order chi connectivity index (χ1) is 16.0. The van der Waals surface area contributed by atoms with E-state index in [1.807, 2.05) is 54.6 Å². The molecule has 0 aliphatic carbocycles. The van der Waals surface area contributed by atoms with E-state index < -0.39 is 17.6 Å². The van der Waals surface area contributed by atoms with Gasteiger partial charge in [-0.15, -0.1) is 0 Å². The Labute approximate surface area is 197 Å². The zero-order valence-electron chi connectivity index (χ0n) is 17.1. The van der Waals surface area contributed by atoms with E-state index >= 15 is 0 Å². The van der Waals surface area contributed by atoms with Crippen molar-refractivity contribution in [1.82, 2.24) is 15.2 Å². The van der Waals surface area contributed by atoms with E-state index in [-0.39, 0.29) is 0 Å². The highest BCUT2D eigenvalue weighted by atomic mass is 79.9. The summed E-state index contributed by atoms with van der Waals surface area (Å²) < 4.78 is 15.6. The lowest BCUT2D eigenvalue weighted by Gasteiger charge is -2.03. The highest BCUT2D eigenvalue weighted by molar-refractivity contribution is 9.10. The summed E-state index contributed by atoms with van der Waals surface area (Å²) in [5.74, 6) is -2.33. The lowest BCUT2D eigenvalue weighted by atomic mass is 10.1. The third-order valence-corrected chi connectivity index (χ3v) is 5.09. The number of nitrogens with zero attached hydrogens (tertiary/aromatic N) is 3. The van der Waals surface area contributed by atoms with Crippen LogP contribution < -0.4 is 10.7 Å². The normalized spacial score (nSPS) is 10.8. The Hall–Kier alpha value is -4.11. The van der Waals surface area contributed by atoms with Crippen molar-refractivity contribution in [2.24, 2.45) is 5.10 Å². The van der Waals surface area contributed by atoms with Crippen LogP contribution >= 0.6 is 15.9 Å². The fourth-order valence-corrected chi connectivity index (χ4v) is 3.22. The molecule has 0 fully saturated rings. The van der Waals surface area contributed by atoms with Crippen molar-refractivity contribution < 1.29 is 14.0 Å². The predicted molar refractivity (Wildman–Crippen MR) is 127 cm³/mol. The molecule has 4 aromatic rings. The first-order valence-corrected chi connectivity index (χ1v) is 10.6. The van der Waals surface area contributed by atoms with Crippen molar-refractivity contribution in [3.8, 4) is 16.9 Å². The maximum absolute atomic E-state index is 13.0. The number of aromatic nitrogens is 2. The van der Waals surface area contributed by atoms with E-state index in [9.17, 15) is 14.0 Å². The van der Waals surface area contributed by atoms with Crippen LogP contribution in [0.3, 0.4) is 0 Å². The zero-order valence-corrected chi connectivity index (χ0v) is 18.7. The van der Waals surface area contributed by atoms with Gasteiger partial charge in [-0.25, -0.2) is 14.5 Å². The molecule has 3 aromatic carbocycles. The molecule has 0 saturated carbocycles.